The van der Waals surface area contributed by atoms with Crippen molar-refractivity contribution >= 4 is 29.7 Å². The lowest BCUT2D eigenvalue weighted by molar-refractivity contribution is -0.141. The van der Waals surface area contributed by atoms with Gasteiger partial charge in [-0.15, -0.1) is 0 Å². The molecule has 2 rings (SSSR count). The summed E-state index contributed by atoms with van der Waals surface area (Å²) in [5, 5.41) is 16.5. The van der Waals surface area contributed by atoms with Crippen LogP contribution in [-0.2, 0) is 19.9 Å². The van der Waals surface area contributed by atoms with Gasteiger partial charge < -0.3 is 20.6 Å². The topological polar surface area (TPSA) is 145 Å². The van der Waals surface area contributed by atoms with Crippen LogP contribution < -0.4 is 16.0 Å². The summed E-state index contributed by atoms with van der Waals surface area (Å²) in [6, 6.07) is 4.26. The van der Waals surface area contributed by atoms with Crippen molar-refractivity contribution in [1.82, 2.24) is 20.9 Å². The van der Waals surface area contributed by atoms with Crippen LogP contribution >= 0.6 is 0 Å². The normalized spacial score (nSPS) is 19.4. The van der Waals surface area contributed by atoms with Gasteiger partial charge in [0.05, 0.1) is 0 Å². The number of urea groups is 1. The first-order valence-electron chi connectivity index (χ1n) is 8.58. The summed E-state index contributed by atoms with van der Waals surface area (Å²) in [5.74, 6) is -2.50. The van der Waals surface area contributed by atoms with E-state index in [4.69, 9.17) is 0 Å². The summed E-state index contributed by atoms with van der Waals surface area (Å²) < 4.78 is 0. The molecular formula is C18H22N4O6. The smallest absolute Gasteiger partial charge is 0.326 e. The molecule has 2 atom stereocenters. The van der Waals surface area contributed by atoms with Gasteiger partial charge in [0.15, 0.2) is 0 Å². The fourth-order valence-corrected chi connectivity index (χ4v) is 2.82. The van der Waals surface area contributed by atoms with E-state index in [0.29, 0.717) is 5.56 Å². The second kappa shape index (κ2) is 8.07. The largest absolute Gasteiger partial charge is 0.480 e. The van der Waals surface area contributed by atoms with Crippen molar-refractivity contribution in [2.24, 2.45) is 0 Å². The van der Waals surface area contributed by atoms with Crippen LogP contribution in [0, 0.1) is 0 Å². The highest BCUT2D eigenvalue weighted by Gasteiger charge is 2.43. The molecule has 10 nitrogen and oxygen atoms in total. The number of hydrogen-bond acceptors (Lipinski definition) is 5. The Morgan fingerprint density at radius 1 is 1.21 bits per heavy atom. The Hall–Kier alpha value is -3.43. The van der Waals surface area contributed by atoms with Crippen molar-refractivity contribution < 1.29 is 29.1 Å². The monoisotopic (exact) mass is 390 g/mol. The van der Waals surface area contributed by atoms with Crippen LogP contribution in [0.15, 0.2) is 24.3 Å². The highest BCUT2D eigenvalue weighted by Crippen LogP contribution is 2.25. The van der Waals surface area contributed by atoms with Gasteiger partial charge in [-0.3, -0.25) is 19.7 Å². The maximum absolute atomic E-state index is 12.8. The third-order valence-corrected chi connectivity index (χ3v) is 4.57. The van der Waals surface area contributed by atoms with Crippen molar-refractivity contribution in [2.45, 2.75) is 32.4 Å². The molecule has 5 amide bonds. The van der Waals surface area contributed by atoms with Crippen LogP contribution in [0.25, 0.3) is 0 Å². The molecule has 0 spiro atoms. The molecule has 1 aliphatic heterocycles. The number of carbonyl (C=O) groups is 5. The Balaban J connectivity index is 2.22. The molecule has 1 aliphatic rings. The minimum absolute atomic E-state index is 0.0177. The van der Waals surface area contributed by atoms with Crippen LogP contribution in [0.5, 0.6) is 0 Å². The van der Waals surface area contributed by atoms with Gasteiger partial charge in [0.2, 0.25) is 5.91 Å². The Morgan fingerprint density at radius 2 is 1.82 bits per heavy atom. The van der Waals surface area contributed by atoms with Crippen molar-refractivity contribution in [3.8, 4) is 0 Å². The van der Waals surface area contributed by atoms with E-state index in [0.717, 1.165) is 4.90 Å². The third-order valence-electron chi connectivity index (χ3n) is 4.57. The summed E-state index contributed by atoms with van der Waals surface area (Å²) in [7, 11) is 0. The molecule has 0 bridgehead atoms. The molecule has 1 saturated heterocycles. The number of carboxylic acids is 1. The van der Waals surface area contributed by atoms with Crippen molar-refractivity contribution in [2.75, 3.05) is 13.1 Å². The van der Waals surface area contributed by atoms with Crippen LogP contribution in [0.2, 0.25) is 0 Å². The van der Waals surface area contributed by atoms with E-state index >= 15 is 0 Å². The van der Waals surface area contributed by atoms with Crippen LogP contribution in [0.4, 0.5) is 4.79 Å². The summed E-state index contributed by atoms with van der Waals surface area (Å²) >= 11 is 0. The molecule has 1 heterocycles. The van der Waals surface area contributed by atoms with E-state index in [1.165, 1.54) is 45.0 Å². The lowest BCUT2D eigenvalue weighted by Gasteiger charge is -2.27. The van der Waals surface area contributed by atoms with Gasteiger partial charge in [-0.1, -0.05) is 12.1 Å². The van der Waals surface area contributed by atoms with E-state index in [9.17, 15) is 29.1 Å². The van der Waals surface area contributed by atoms with E-state index in [1.807, 2.05) is 0 Å². The molecular weight excluding hydrogens is 368 g/mol. The molecule has 0 radical (unpaired) electrons. The average Bonchev–Trinajstić information content (AvgIpc) is 2.90. The SMILES string of the molecule is CC(=O)NCCN(C(=O)c1ccc(C2(C)NC(=O)NC2=O)cc1)C(C)C(=O)O. The number of nitrogens with one attached hydrogen (secondary N) is 3. The molecule has 150 valence electrons. The van der Waals surface area contributed by atoms with Gasteiger partial charge in [0, 0.05) is 25.6 Å². The van der Waals surface area contributed by atoms with Crippen molar-refractivity contribution in [1.29, 1.82) is 0 Å². The summed E-state index contributed by atoms with van der Waals surface area (Å²) in [5.41, 5.74) is -0.561. The lowest BCUT2D eigenvalue weighted by atomic mass is 9.91. The Bertz CT molecular complexity index is 822. The number of carbonyl (C=O) groups excluding carboxylic acids is 4. The highest BCUT2D eigenvalue weighted by atomic mass is 16.4. The van der Waals surface area contributed by atoms with Crippen molar-refractivity contribution in [3.63, 3.8) is 0 Å². The average molecular weight is 390 g/mol. The summed E-state index contributed by atoms with van der Waals surface area (Å²) in [6.07, 6.45) is 0. The predicted molar refractivity (Wildman–Crippen MR) is 97.3 cm³/mol. The van der Waals surface area contributed by atoms with Gasteiger partial charge in [0.25, 0.3) is 11.8 Å². The maximum atomic E-state index is 12.8. The van der Waals surface area contributed by atoms with E-state index in [2.05, 4.69) is 16.0 Å². The summed E-state index contributed by atoms with van der Waals surface area (Å²) in [6.45, 7) is 4.37. The first-order valence-corrected chi connectivity index (χ1v) is 8.58. The lowest BCUT2D eigenvalue weighted by Crippen LogP contribution is -2.46. The van der Waals surface area contributed by atoms with Gasteiger partial charge in [-0.05, 0) is 31.5 Å². The molecule has 0 saturated carbocycles. The zero-order valence-electron chi connectivity index (χ0n) is 15.7. The number of benzene rings is 1. The van der Waals surface area contributed by atoms with Gasteiger partial charge in [0.1, 0.15) is 11.6 Å². The number of imide groups is 1. The van der Waals surface area contributed by atoms with Gasteiger partial charge in [-0.25, -0.2) is 9.59 Å². The van der Waals surface area contributed by atoms with Crippen LogP contribution in [0.1, 0.15) is 36.7 Å². The maximum Gasteiger partial charge on any atom is 0.326 e. The molecule has 2 unspecified atom stereocenters. The van der Waals surface area contributed by atoms with Gasteiger partial charge in [-0.2, -0.15) is 0 Å². The fraction of sp³-hybridized carbons (Fsp3) is 0.389. The van der Waals surface area contributed by atoms with Gasteiger partial charge >= 0.3 is 12.0 Å². The Kier molecular flexibility index (Phi) is 6.02. The summed E-state index contributed by atoms with van der Waals surface area (Å²) in [4.78, 5) is 59.7. The highest BCUT2D eigenvalue weighted by molar-refractivity contribution is 6.07. The Morgan fingerprint density at radius 3 is 2.29 bits per heavy atom. The minimum Gasteiger partial charge on any atom is -0.480 e. The standard InChI is InChI=1S/C18H22N4O6/c1-10(15(25)26)22(9-8-19-11(2)23)14(24)12-4-6-13(7-5-12)18(3)16(27)20-17(28)21-18/h4-7,10H,8-9H2,1-3H3,(H,19,23)(H,25,26)(H2,20,21,27,28). The molecule has 28 heavy (non-hydrogen) atoms. The van der Waals surface area contributed by atoms with E-state index in [1.54, 1.807) is 0 Å². The quantitative estimate of drug-likeness (QED) is 0.474. The number of nitrogens with zero attached hydrogens (tertiary/aromatic N) is 1. The number of amides is 5. The molecule has 1 fully saturated rings. The zero-order valence-corrected chi connectivity index (χ0v) is 15.7. The second-order valence-corrected chi connectivity index (χ2v) is 6.61. The molecule has 10 heteroatoms. The minimum atomic E-state index is -1.25. The zero-order chi connectivity index (χ0) is 21.1. The number of carboxylic acid groups (broad SMARTS) is 1. The second-order valence-electron chi connectivity index (χ2n) is 6.61. The van der Waals surface area contributed by atoms with Crippen LogP contribution in [0.3, 0.4) is 0 Å². The predicted octanol–water partition coefficient (Wildman–Crippen LogP) is -0.207. The number of rotatable bonds is 7. The number of hydrogen-bond donors (Lipinski definition) is 4. The Labute approximate surface area is 161 Å². The van der Waals surface area contributed by atoms with E-state index < -0.39 is 35.4 Å². The third kappa shape index (κ3) is 4.27. The molecule has 1 aromatic carbocycles. The number of aliphatic carboxylic acids is 1. The fourth-order valence-electron chi connectivity index (χ4n) is 2.82. The first-order chi connectivity index (χ1) is 13.1. The molecule has 4 N–H and O–H groups in total. The first kappa shape index (κ1) is 20.9. The molecule has 1 aromatic rings. The van der Waals surface area contributed by atoms with E-state index in [-0.39, 0.29) is 24.6 Å². The van der Waals surface area contributed by atoms with Crippen LogP contribution in [-0.4, -0.2) is 58.9 Å². The van der Waals surface area contributed by atoms with Crippen molar-refractivity contribution in [3.05, 3.63) is 35.4 Å². The molecule has 0 aliphatic carbocycles. The molecule has 0 aromatic heterocycles.